The predicted octanol–water partition coefficient (Wildman–Crippen LogP) is 5.28. The summed E-state index contributed by atoms with van der Waals surface area (Å²) in [5.74, 6) is 0.225. The molecule has 1 N–H and O–H groups in total. The molecule has 4 aromatic carbocycles. The summed E-state index contributed by atoms with van der Waals surface area (Å²) in [6, 6.07) is 31.0. The third-order valence-electron chi connectivity index (χ3n) is 6.54. The molecule has 0 aliphatic heterocycles. The zero-order valence-electron chi connectivity index (χ0n) is 23.3. The molecular weight excluding hydrogens is 574 g/mol. The van der Waals surface area contributed by atoms with Crippen LogP contribution >= 0.6 is 11.6 Å². The molecule has 0 unspecified atom stereocenters. The van der Waals surface area contributed by atoms with Crippen molar-refractivity contribution in [1.29, 1.82) is 0 Å². The number of carbonyl (C=O) groups excluding carboxylic acids is 2. The highest BCUT2D eigenvalue weighted by Gasteiger charge is 2.32. The number of halogens is 1. The van der Waals surface area contributed by atoms with E-state index in [1.807, 2.05) is 60.7 Å². The lowest BCUT2D eigenvalue weighted by Crippen LogP contribution is -2.52. The summed E-state index contributed by atoms with van der Waals surface area (Å²) < 4.78 is 32.7. The Bertz CT molecular complexity index is 1600. The van der Waals surface area contributed by atoms with E-state index in [0.717, 1.165) is 16.1 Å². The number of sulfonamides is 1. The summed E-state index contributed by atoms with van der Waals surface area (Å²) in [6.45, 7) is -0.466. The van der Waals surface area contributed by atoms with Crippen molar-refractivity contribution in [3.05, 3.63) is 125 Å². The van der Waals surface area contributed by atoms with E-state index in [9.17, 15) is 18.0 Å². The standard InChI is InChI=1S/C32H32ClN3O5S/c1-34-32(38)30(21-24-10-5-3-6-11-24)35(22-25-12-9-13-26(33)20-25)31(37)23-36(42(2,39)40)27-16-18-29(19-17-27)41-28-14-7-4-8-15-28/h3-20,30H,21-23H2,1-2H3,(H,34,38)/t30-/m1/s1. The fraction of sp³-hybridized carbons (Fsp3) is 0.188. The number of benzene rings is 4. The minimum Gasteiger partial charge on any atom is -0.457 e. The van der Waals surface area contributed by atoms with Gasteiger partial charge in [0.1, 0.15) is 24.1 Å². The molecule has 218 valence electrons. The van der Waals surface area contributed by atoms with E-state index >= 15 is 0 Å². The molecule has 4 rings (SSSR count). The first-order valence-electron chi connectivity index (χ1n) is 13.2. The van der Waals surface area contributed by atoms with Crippen LogP contribution in [0.5, 0.6) is 11.5 Å². The lowest BCUT2D eigenvalue weighted by Gasteiger charge is -2.33. The Morgan fingerprint density at radius 1 is 0.833 bits per heavy atom. The summed E-state index contributed by atoms with van der Waals surface area (Å²) in [7, 11) is -2.38. The van der Waals surface area contributed by atoms with Gasteiger partial charge in [-0.05, 0) is 59.7 Å². The molecule has 0 spiro atoms. The number of likely N-dealkylation sites (N-methyl/N-ethyl adjacent to an activating group) is 1. The highest BCUT2D eigenvalue weighted by atomic mass is 35.5. The summed E-state index contributed by atoms with van der Waals surface area (Å²) in [4.78, 5) is 28.6. The molecule has 0 saturated carbocycles. The minimum absolute atomic E-state index is 0.0474. The maximum absolute atomic E-state index is 14.0. The van der Waals surface area contributed by atoms with E-state index in [2.05, 4.69) is 5.32 Å². The predicted molar refractivity (Wildman–Crippen MR) is 165 cm³/mol. The third-order valence-corrected chi connectivity index (χ3v) is 7.92. The van der Waals surface area contributed by atoms with Gasteiger partial charge in [0.25, 0.3) is 0 Å². The van der Waals surface area contributed by atoms with Crippen LogP contribution in [0, 0.1) is 0 Å². The fourth-order valence-electron chi connectivity index (χ4n) is 4.47. The van der Waals surface area contributed by atoms with Crippen molar-refractivity contribution >= 4 is 39.1 Å². The lowest BCUT2D eigenvalue weighted by molar-refractivity contribution is -0.139. The number of amides is 2. The number of hydrogen-bond donors (Lipinski definition) is 1. The van der Waals surface area contributed by atoms with Crippen molar-refractivity contribution < 1.29 is 22.7 Å². The number of para-hydroxylation sites is 1. The molecular formula is C32H32ClN3O5S. The van der Waals surface area contributed by atoms with Gasteiger partial charge in [-0.2, -0.15) is 0 Å². The Kier molecular flexibility index (Phi) is 10.2. The molecule has 1 atom stereocenters. The van der Waals surface area contributed by atoms with Crippen molar-refractivity contribution in [2.75, 3.05) is 24.2 Å². The highest BCUT2D eigenvalue weighted by Crippen LogP contribution is 2.26. The zero-order valence-corrected chi connectivity index (χ0v) is 24.9. The van der Waals surface area contributed by atoms with Crippen LogP contribution in [0.3, 0.4) is 0 Å². The monoisotopic (exact) mass is 605 g/mol. The number of nitrogens with one attached hydrogen (secondary N) is 1. The van der Waals surface area contributed by atoms with Crippen LogP contribution in [0.4, 0.5) is 5.69 Å². The number of nitrogens with zero attached hydrogens (tertiary/aromatic N) is 2. The van der Waals surface area contributed by atoms with Gasteiger partial charge in [-0.1, -0.05) is 72.3 Å². The average molecular weight is 606 g/mol. The summed E-state index contributed by atoms with van der Waals surface area (Å²) in [5.41, 5.74) is 1.84. The molecule has 4 aromatic rings. The summed E-state index contributed by atoms with van der Waals surface area (Å²) in [6.07, 6.45) is 1.27. The molecule has 8 nitrogen and oxygen atoms in total. The number of anilines is 1. The van der Waals surface area contributed by atoms with Crippen molar-refractivity contribution in [2.45, 2.75) is 19.0 Å². The highest BCUT2D eigenvalue weighted by molar-refractivity contribution is 7.92. The Labute approximate surface area is 251 Å². The van der Waals surface area contributed by atoms with E-state index < -0.39 is 28.5 Å². The Hall–Kier alpha value is -4.34. The molecule has 0 saturated heterocycles. The van der Waals surface area contributed by atoms with Gasteiger partial charge >= 0.3 is 0 Å². The SMILES string of the molecule is CNC(=O)[C@@H](Cc1ccccc1)N(Cc1cccc(Cl)c1)C(=O)CN(c1ccc(Oc2ccccc2)cc1)S(C)(=O)=O. The van der Waals surface area contributed by atoms with E-state index in [0.29, 0.717) is 22.1 Å². The van der Waals surface area contributed by atoms with Gasteiger partial charge in [0, 0.05) is 25.0 Å². The second kappa shape index (κ2) is 14.0. The first-order valence-corrected chi connectivity index (χ1v) is 15.5. The maximum Gasteiger partial charge on any atom is 0.244 e. The number of rotatable bonds is 12. The molecule has 0 bridgehead atoms. The topological polar surface area (TPSA) is 96.0 Å². The first kappa shape index (κ1) is 30.6. The van der Waals surface area contributed by atoms with Gasteiger partial charge in [-0.25, -0.2) is 8.42 Å². The Morgan fingerprint density at radius 2 is 1.43 bits per heavy atom. The molecule has 10 heteroatoms. The van der Waals surface area contributed by atoms with Gasteiger partial charge in [0.2, 0.25) is 21.8 Å². The molecule has 2 amide bonds. The smallest absolute Gasteiger partial charge is 0.244 e. The van der Waals surface area contributed by atoms with Gasteiger partial charge in [-0.3, -0.25) is 13.9 Å². The molecule has 42 heavy (non-hydrogen) atoms. The fourth-order valence-corrected chi connectivity index (χ4v) is 5.53. The Morgan fingerprint density at radius 3 is 2.02 bits per heavy atom. The molecule has 0 radical (unpaired) electrons. The van der Waals surface area contributed by atoms with Crippen molar-refractivity contribution in [3.63, 3.8) is 0 Å². The van der Waals surface area contributed by atoms with Crippen LogP contribution < -0.4 is 14.4 Å². The average Bonchev–Trinajstić information content (AvgIpc) is 2.98. The quantitative estimate of drug-likeness (QED) is 0.237. The van der Waals surface area contributed by atoms with Crippen LogP contribution in [0.2, 0.25) is 5.02 Å². The van der Waals surface area contributed by atoms with Crippen LogP contribution in [-0.2, 0) is 32.6 Å². The van der Waals surface area contributed by atoms with Crippen molar-refractivity contribution in [3.8, 4) is 11.5 Å². The molecule has 0 fully saturated rings. The molecule has 0 heterocycles. The van der Waals surface area contributed by atoms with Crippen LogP contribution in [0.15, 0.2) is 109 Å². The molecule has 0 aliphatic rings. The number of carbonyl (C=O) groups is 2. The largest absolute Gasteiger partial charge is 0.457 e. The van der Waals surface area contributed by atoms with Crippen LogP contribution in [0.25, 0.3) is 0 Å². The first-order chi connectivity index (χ1) is 20.1. The Balaban J connectivity index is 1.65. The molecule has 0 aliphatic carbocycles. The van der Waals surface area contributed by atoms with Crippen molar-refractivity contribution in [1.82, 2.24) is 10.2 Å². The van der Waals surface area contributed by atoms with Crippen molar-refractivity contribution in [2.24, 2.45) is 0 Å². The van der Waals surface area contributed by atoms with Gasteiger partial charge in [0.15, 0.2) is 0 Å². The van der Waals surface area contributed by atoms with Crippen LogP contribution in [-0.4, -0.2) is 51.0 Å². The molecule has 0 aromatic heterocycles. The number of hydrogen-bond acceptors (Lipinski definition) is 5. The second-order valence-electron chi connectivity index (χ2n) is 9.65. The van der Waals surface area contributed by atoms with Crippen LogP contribution in [0.1, 0.15) is 11.1 Å². The minimum atomic E-state index is -3.88. The lowest BCUT2D eigenvalue weighted by atomic mass is 10.0. The summed E-state index contributed by atoms with van der Waals surface area (Å²) >= 11 is 6.21. The summed E-state index contributed by atoms with van der Waals surface area (Å²) in [5, 5.41) is 3.14. The van der Waals surface area contributed by atoms with E-state index in [1.54, 1.807) is 48.5 Å². The van der Waals surface area contributed by atoms with E-state index in [4.69, 9.17) is 16.3 Å². The van der Waals surface area contributed by atoms with E-state index in [-0.39, 0.29) is 24.6 Å². The normalized spacial score (nSPS) is 11.8. The van der Waals surface area contributed by atoms with Gasteiger partial charge in [0.05, 0.1) is 11.9 Å². The second-order valence-corrected chi connectivity index (χ2v) is 12.0. The third kappa shape index (κ3) is 8.34. The van der Waals surface area contributed by atoms with Gasteiger partial charge < -0.3 is 15.0 Å². The van der Waals surface area contributed by atoms with Gasteiger partial charge in [-0.15, -0.1) is 0 Å². The number of ether oxygens (including phenoxy) is 1. The maximum atomic E-state index is 14.0. The van der Waals surface area contributed by atoms with E-state index in [1.165, 1.54) is 11.9 Å². The zero-order chi connectivity index (χ0) is 30.1.